The van der Waals surface area contributed by atoms with Crippen molar-refractivity contribution in [2.75, 3.05) is 13.2 Å². The van der Waals surface area contributed by atoms with Crippen LogP contribution in [0.5, 0.6) is 0 Å². The number of halogens is 1. The van der Waals surface area contributed by atoms with Gasteiger partial charge in [-0.3, -0.25) is 0 Å². The Labute approximate surface area is 86.2 Å². The molecule has 72 valence electrons. The maximum absolute atomic E-state index is 5.33. The molecule has 0 saturated carbocycles. The third-order valence-corrected chi connectivity index (χ3v) is 3.08. The maximum atomic E-state index is 5.33. The predicted octanol–water partition coefficient (Wildman–Crippen LogP) is 2.31. The molecule has 1 aromatic heterocycles. The number of hydrogen-bond acceptors (Lipinski definition) is 2. The number of aromatic nitrogens is 2. The van der Waals surface area contributed by atoms with E-state index >= 15 is 0 Å². The standard InChI is InChI=1S/C9H13BrN2O/c1-7-11-6-9(10)12(7)8-2-4-13-5-3-8/h6,8H,2-5H2,1H3. The maximum Gasteiger partial charge on any atom is 0.106 e. The number of aryl methyl sites for hydroxylation is 1. The molecule has 1 aliphatic rings. The Bertz CT molecular complexity index is 272. The molecule has 0 aliphatic carbocycles. The van der Waals surface area contributed by atoms with Crippen molar-refractivity contribution in [3.05, 3.63) is 16.6 Å². The molecule has 0 unspecified atom stereocenters. The van der Waals surface area contributed by atoms with Gasteiger partial charge in [0.15, 0.2) is 0 Å². The van der Waals surface area contributed by atoms with Crippen LogP contribution in [-0.2, 0) is 4.74 Å². The van der Waals surface area contributed by atoms with E-state index in [9.17, 15) is 0 Å². The average molecular weight is 245 g/mol. The van der Waals surface area contributed by atoms with Gasteiger partial charge in [0.05, 0.1) is 6.20 Å². The number of imidazole rings is 1. The summed E-state index contributed by atoms with van der Waals surface area (Å²) >= 11 is 3.51. The summed E-state index contributed by atoms with van der Waals surface area (Å²) in [6.45, 7) is 3.78. The van der Waals surface area contributed by atoms with Gasteiger partial charge in [-0.15, -0.1) is 0 Å². The van der Waals surface area contributed by atoms with E-state index in [1.54, 1.807) is 0 Å². The van der Waals surface area contributed by atoms with Crippen LogP contribution < -0.4 is 0 Å². The molecule has 0 N–H and O–H groups in total. The van der Waals surface area contributed by atoms with Crippen LogP contribution in [0.25, 0.3) is 0 Å². The minimum Gasteiger partial charge on any atom is -0.381 e. The lowest BCUT2D eigenvalue weighted by atomic mass is 10.1. The lowest BCUT2D eigenvalue weighted by Gasteiger charge is -2.25. The number of rotatable bonds is 1. The Kier molecular flexibility index (Phi) is 2.69. The van der Waals surface area contributed by atoms with E-state index in [0.29, 0.717) is 6.04 Å². The average Bonchev–Trinajstić information content (AvgIpc) is 2.48. The van der Waals surface area contributed by atoms with E-state index in [1.165, 1.54) is 0 Å². The van der Waals surface area contributed by atoms with Gasteiger partial charge in [-0.05, 0) is 35.7 Å². The Morgan fingerprint density at radius 1 is 1.54 bits per heavy atom. The van der Waals surface area contributed by atoms with E-state index in [0.717, 1.165) is 36.5 Å². The predicted molar refractivity (Wildman–Crippen MR) is 53.8 cm³/mol. The van der Waals surface area contributed by atoms with Gasteiger partial charge in [-0.2, -0.15) is 0 Å². The van der Waals surface area contributed by atoms with E-state index in [1.807, 2.05) is 13.1 Å². The number of nitrogens with zero attached hydrogens (tertiary/aromatic N) is 2. The summed E-state index contributed by atoms with van der Waals surface area (Å²) in [4.78, 5) is 4.27. The molecule has 2 heterocycles. The fourth-order valence-corrected chi connectivity index (χ4v) is 2.46. The van der Waals surface area contributed by atoms with Crippen LogP contribution in [0.3, 0.4) is 0 Å². The molecule has 0 bridgehead atoms. The van der Waals surface area contributed by atoms with E-state index < -0.39 is 0 Å². The van der Waals surface area contributed by atoms with Crippen molar-refractivity contribution in [3.8, 4) is 0 Å². The summed E-state index contributed by atoms with van der Waals surface area (Å²) in [7, 11) is 0. The zero-order chi connectivity index (χ0) is 9.26. The highest BCUT2D eigenvalue weighted by Crippen LogP contribution is 2.26. The highest BCUT2D eigenvalue weighted by atomic mass is 79.9. The largest absolute Gasteiger partial charge is 0.381 e. The molecule has 1 fully saturated rings. The van der Waals surface area contributed by atoms with Crippen LogP contribution in [0.2, 0.25) is 0 Å². The highest BCUT2D eigenvalue weighted by molar-refractivity contribution is 9.10. The van der Waals surface area contributed by atoms with Gasteiger partial charge in [0.25, 0.3) is 0 Å². The Hall–Kier alpha value is -0.350. The van der Waals surface area contributed by atoms with Gasteiger partial charge in [0.1, 0.15) is 10.4 Å². The lowest BCUT2D eigenvalue weighted by Crippen LogP contribution is -2.20. The first kappa shape index (κ1) is 9.21. The third-order valence-electron chi connectivity index (χ3n) is 2.49. The summed E-state index contributed by atoms with van der Waals surface area (Å²) < 4.78 is 8.66. The number of ether oxygens (including phenoxy) is 1. The van der Waals surface area contributed by atoms with Gasteiger partial charge in [-0.1, -0.05) is 0 Å². The molecular formula is C9H13BrN2O. The van der Waals surface area contributed by atoms with Gasteiger partial charge in [0.2, 0.25) is 0 Å². The monoisotopic (exact) mass is 244 g/mol. The van der Waals surface area contributed by atoms with Gasteiger partial charge < -0.3 is 9.30 Å². The molecule has 0 amide bonds. The highest BCUT2D eigenvalue weighted by Gasteiger charge is 2.18. The number of hydrogen-bond donors (Lipinski definition) is 0. The molecule has 2 rings (SSSR count). The second-order valence-corrected chi connectivity index (χ2v) is 4.15. The first-order valence-corrected chi connectivity index (χ1v) is 5.35. The van der Waals surface area contributed by atoms with Gasteiger partial charge in [0, 0.05) is 19.3 Å². The molecule has 0 spiro atoms. The van der Waals surface area contributed by atoms with Crippen LogP contribution in [0.15, 0.2) is 10.8 Å². The lowest BCUT2D eigenvalue weighted by molar-refractivity contribution is 0.0685. The zero-order valence-corrected chi connectivity index (χ0v) is 9.25. The fourth-order valence-electron chi connectivity index (χ4n) is 1.81. The summed E-state index contributed by atoms with van der Waals surface area (Å²) in [5, 5.41) is 0. The van der Waals surface area contributed by atoms with Crippen molar-refractivity contribution >= 4 is 15.9 Å². The van der Waals surface area contributed by atoms with Crippen molar-refractivity contribution in [2.24, 2.45) is 0 Å². The first-order valence-electron chi connectivity index (χ1n) is 4.56. The van der Waals surface area contributed by atoms with Crippen LogP contribution in [-0.4, -0.2) is 22.8 Å². The Morgan fingerprint density at radius 3 is 2.77 bits per heavy atom. The molecule has 13 heavy (non-hydrogen) atoms. The second-order valence-electron chi connectivity index (χ2n) is 3.34. The van der Waals surface area contributed by atoms with Crippen molar-refractivity contribution < 1.29 is 4.74 Å². The van der Waals surface area contributed by atoms with Crippen molar-refractivity contribution in [3.63, 3.8) is 0 Å². The minimum absolute atomic E-state index is 0.561. The SMILES string of the molecule is Cc1ncc(Br)n1C1CCOCC1. The van der Waals surface area contributed by atoms with E-state index in [4.69, 9.17) is 4.74 Å². The summed E-state index contributed by atoms with van der Waals surface area (Å²) in [5.74, 6) is 1.08. The van der Waals surface area contributed by atoms with Crippen LogP contribution in [0.4, 0.5) is 0 Å². The van der Waals surface area contributed by atoms with Crippen molar-refractivity contribution in [1.82, 2.24) is 9.55 Å². The molecule has 0 aromatic carbocycles. The molecule has 0 radical (unpaired) electrons. The Balaban J connectivity index is 2.22. The molecule has 1 aliphatic heterocycles. The normalized spacial score (nSPS) is 19.2. The van der Waals surface area contributed by atoms with Crippen LogP contribution >= 0.6 is 15.9 Å². The minimum atomic E-state index is 0.561. The second kappa shape index (κ2) is 3.80. The van der Waals surface area contributed by atoms with E-state index in [2.05, 4.69) is 25.5 Å². The Morgan fingerprint density at radius 2 is 2.23 bits per heavy atom. The van der Waals surface area contributed by atoms with E-state index in [-0.39, 0.29) is 0 Å². The summed E-state index contributed by atoms with van der Waals surface area (Å²) in [6.07, 6.45) is 4.05. The quantitative estimate of drug-likeness (QED) is 0.759. The molecule has 1 aromatic rings. The smallest absolute Gasteiger partial charge is 0.106 e. The fraction of sp³-hybridized carbons (Fsp3) is 0.667. The van der Waals surface area contributed by atoms with Crippen molar-refractivity contribution in [1.29, 1.82) is 0 Å². The summed E-state index contributed by atoms with van der Waals surface area (Å²) in [6, 6.07) is 0.561. The molecule has 0 atom stereocenters. The van der Waals surface area contributed by atoms with Crippen LogP contribution in [0, 0.1) is 6.92 Å². The van der Waals surface area contributed by atoms with Crippen LogP contribution in [0.1, 0.15) is 24.7 Å². The zero-order valence-electron chi connectivity index (χ0n) is 7.66. The molecule has 3 nitrogen and oxygen atoms in total. The first-order chi connectivity index (χ1) is 6.29. The molecular weight excluding hydrogens is 232 g/mol. The van der Waals surface area contributed by atoms with Crippen molar-refractivity contribution in [2.45, 2.75) is 25.8 Å². The third kappa shape index (κ3) is 1.79. The molecule has 1 saturated heterocycles. The molecule has 4 heteroatoms. The summed E-state index contributed by atoms with van der Waals surface area (Å²) in [5.41, 5.74) is 0. The van der Waals surface area contributed by atoms with Gasteiger partial charge >= 0.3 is 0 Å². The topological polar surface area (TPSA) is 27.1 Å². The van der Waals surface area contributed by atoms with Gasteiger partial charge in [-0.25, -0.2) is 4.98 Å².